The molecule has 0 spiro atoms. The van der Waals surface area contributed by atoms with Gasteiger partial charge in [0, 0.05) is 13.0 Å². The summed E-state index contributed by atoms with van der Waals surface area (Å²) in [4.78, 5) is 0. The van der Waals surface area contributed by atoms with Crippen LogP contribution >= 0.6 is 0 Å². The molecule has 0 saturated heterocycles. The van der Waals surface area contributed by atoms with Gasteiger partial charge in [-0.05, 0) is 23.6 Å². The highest BCUT2D eigenvalue weighted by molar-refractivity contribution is 5.28. The lowest BCUT2D eigenvalue weighted by molar-refractivity contribution is -0.274. The molecule has 0 bridgehead atoms. The molecule has 1 atom stereocenters. The summed E-state index contributed by atoms with van der Waals surface area (Å²) in [5.41, 5.74) is 5.19. The fourth-order valence-electron chi connectivity index (χ4n) is 1.67. The van der Waals surface area contributed by atoms with E-state index in [-0.39, 0.29) is 24.6 Å². The van der Waals surface area contributed by atoms with Crippen LogP contribution in [-0.2, 0) is 6.42 Å². The van der Waals surface area contributed by atoms with E-state index in [9.17, 15) is 18.3 Å². The molecular weight excluding hydrogens is 259 g/mol. The van der Waals surface area contributed by atoms with Gasteiger partial charge in [-0.2, -0.15) is 0 Å². The Morgan fingerprint density at radius 2 is 1.74 bits per heavy atom. The second-order valence-electron chi connectivity index (χ2n) is 4.83. The van der Waals surface area contributed by atoms with Crippen molar-refractivity contribution in [2.24, 2.45) is 11.7 Å². The van der Waals surface area contributed by atoms with E-state index in [2.05, 4.69) is 4.74 Å². The number of aliphatic hydroxyl groups is 1. The van der Waals surface area contributed by atoms with Crippen LogP contribution in [0.2, 0.25) is 0 Å². The topological polar surface area (TPSA) is 55.5 Å². The largest absolute Gasteiger partial charge is 0.573 e. The fraction of sp³-hybridized carbons (Fsp3) is 0.538. The van der Waals surface area contributed by atoms with Gasteiger partial charge in [0.05, 0.1) is 5.60 Å². The number of hydrogen-bond acceptors (Lipinski definition) is 3. The average Bonchev–Trinajstić information content (AvgIpc) is 2.29. The zero-order chi connectivity index (χ0) is 14.7. The van der Waals surface area contributed by atoms with Crippen LogP contribution in [0.15, 0.2) is 24.3 Å². The lowest BCUT2D eigenvalue weighted by Crippen LogP contribution is -2.44. The number of ether oxygens (including phenoxy) is 1. The van der Waals surface area contributed by atoms with Gasteiger partial charge in [-0.25, -0.2) is 0 Å². The third-order valence-corrected chi connectivity index (χ3v) is 3.10. The molecule has 1 unspecified atom stereocenters. The molecule has 0 aliphatic rings. The molecule has 3 N–H and O–H groups in total. The quantitative estimate of drug-likeness (QED) is 0.869. The average molecular weight is 277 g/mol. The van der Waals surface area contributed by atoms with E-state index in [4.69, 9.17) is 5.73 Å². The van der Waals surface area contributed by atoms with Crippen molar-refractivity contribution in [1.82, 2.24) is 0 Å². The Bertz CT molecular complexity index is 403. The van der Waals surface area contributed by atoms with Crippen molar-refractivity contribution in [1.29, 1.82) is 0 Å². The van der Waals surface area contributed by atoms with E-state index in [1.54, 1.807) is 0 Å². The Hall–Kier alpha value is -1.27. The maximum atomic E-state index is 12.0. The molecule has 0 amide bonds. The van der Waals surface area contributed by atoms with Crippen LogP contribution < -0.4 is 10.5 Å². The van der Waals surface area contributed by atoms with Gasteiger partial charge >= 0.3 is 6.36 Å². The zero-order valence-corrected chi connectivity index (χ0v) is 10.9. The number of nitrogens with two attached hydrogens (primary N) is 1. The van der Waals surface area contributed by atoms with Gasteiger partial charge < -0.3 is 15.6 Å². The van der Waals surface area contributed by atoms with Gasteiger partial charge in [-0.1, -0.05) is 26.0 Å². The first kappa shape index (κ1) is 15.8. The van der Waals surface area contributed by atoms with Gasteiger partial charge in [0.15, 0.2) is 0 Å². The molecule has 0 aliphatic heterocycles. The van der Waals surface area contributed by atoms with Crippen molar-refractivity contribution in [3.05, 3.63) is 29.8 Å². The monoisotopic (exact) mass is 277 g/mol. The van der Waals surface area contributed by atoms with Crippen LogP contribution in [0.5, 0.6) is 5.75 Å². The molecule has 0 aliphatic carbocycles. The summed E-state index contributed by atoms with van der Waals surface area (Å²) in [6.45, 7) is 3.77. The number of halogens is 3. The maximum Gasteiger partial charge on any atom is 0.573 e. The number of benzene rings is 1. The van der Waals surface area contributed by atoms with E-state index in [0.717, 1.165) is 0 Å². The summed E-state index contributed by atoms with van der Waals surface area (Å²) < 4.78 is 39.8. The van der Waals surface area contributed by atoms with Crippen LogP contribution in [0.25, 0.3) is 0 Å². The fourth-order valence-corrected chi connectivity index (χ4v) is 1.67. The molecule has 0 radical (unpaired) electrons. The third-order valence-electron chi connectivity index (χ3n) is 3.10. The molecule has 1 aromatic carbocycles. The zero-order valence-electron chi connectivity index (χ0n) is 10.9. The maximum absolute atomic E-state index is 12.0. The number of hydrogen-bond donors (Lipinski definition) is 2. The third kappa shape index (κ3) is 4.72. The molecule has 0 saturated carbocycles. The summed E-state index contributed by atoms with van der Waals surface area (Å²) >= 11 is 0. The molecule has 19 heavy (non-hydrogen) atoms. The van der Waals surface area contributed by atoms with Gasteiger partial charge in [-0.15, -0.1) is 13.2 Å². The lowest BCUT2D eigenvalue weighted by atomic mass is 9.84. The minimum absolute atomic E-state index is 0.0522. The van der Waals surface area contributed by atoms with Crippen molar-refractivity contribution in [2.75, 3.05) is 6.54 Å². The SMILES string of the molecule is CC(C)C(O)(CN)Cc1ccc(OC(F)(F)F)cc1. The van der Waals surface area contributed by atoms with Gasteiger partial charge in [0.2, 0.25) is 0 Å². The van der Waals surface area contributed by atoms with E-state index < -0.39 is 12.0 Å². The molecule has 1 rings (SSSR count). The van der Waals surface area contributed by atoms with Crippen LogP contribution in [0, 0.1) is 5.92 Å². The van der Waals surface area contributed by atoms with Crippen molar-refractivity contribution in [3.8, 4) is 5.75 Å². The minimum Gasteiger partial charge on any atom is -0.406 e. The second kappa shape index (κ2) is 5.79. The molecule has 0 heterocycles. The summed E-state index contributed by atoms with van der Waals surface area (Å²) in [5.74, 6) is -0.333. The Labute approximate surface area is 110 Å². The van der Waals surface area contributed by atoms with Crippen LogP contribution in [0.4, 0.5) is 13.2 Å². The smallest absolute Gasteiger partial charge is 0.406 e. The summed E-state index contributed by atoms with van der Waals surface area (Å²) in [6, 6.07) is 5.42. The Morgan fingerprint density at radius 1 is 1.21 bits per heavy atom. The normalized spacial score (nSPS) is 15.4. The first-order valence-corrected chi connectivity index (χ1v) is 5.93. The highest BCUT2D eigenvalue weighted by Gasteiger charge is 2.32. The van der Waals surface area contributed by atoms with Crippen molar-refractivity contribution < 1.29 is 23.0 Å². The van der Waals surface area contributed by atoms with Crippen molar-refractivity contribution in [2.45, 2.75) is 32.2 Å². The Kier molecular flexibility index (Phi) is 4.81. The van der Waals surface area contributed by atoms with Crippen LogP contribution in [0.1, 0.15) is 19.4 Å². The molecule has 0 aromatic heterocycles. The molecule has 3 nitrogen and oxygen atoms in total. The molecule has 0 fully saturated rings. The number of rotatable bonds is 5. The van der Waals surface area contributed by atoms with Crippen molar-refractivity contribution >= 4 is 0 Å². The second-order valence-corrected chi connectivity index (χ2v) is 4.83. The van der Waals surface area contributed by atoms with Crippen molar-refractivity contribution in [3.63, 3.8) is 0 Å². The lowest BCUT2D eigenvalue weighted by Gasteiger charge is -2.31. The molecule has 6 heteroatoms. The van der Waals surface area contributed by atoms with E-state index in [1.807, 2.05) is 13.8 Å². The minimum atomic E-state index is -4.70. The van der Waals surface area contributed by atoms with Gasteiger partial charge in [0.25, 0.3) is 0 Å². The van der Waals surface area contributed by atoms with Gasteiger partial charge in [-0.3, -0.25) is 0 Å². The highest BCUT2D eigenvalue weighted by atomic mass is 19.4. The van der Waals surface area contributed by atoms with E-state index in [1.165, 1.54) is 24.3 Å². The van der Waals surface area contributed by atoms with Crippen LogP contribution in [0.3, 0.4) is 0 Å². The molecule has 108 valence electrons. The predicted molar refractivity (Wildman–Crippen MR) is 65.7 cm³/mol. The highest BCUT2D eigenvalue weighted by Crippen LogP contribution is 2.25. The van der Waals surface area contributed by atoms with E-state index >= 15 is 0 Å². The number of alkyl halides is 3. The summed E-state index contributed by atoms with van der Waals surface area (Å²) in [6.07, 6.45) is -4.41. The molecular formula is C13H18F3NO2. The Morgan fingerprint density at radius 3 is 2.11 bits per heavy atom. The predicted octanol–water partition coefficient (Wildman–Crippen LogP) is 2.47. The summed E-state index contributed by atoms with van der Waals surface area (Å²) in [7, 11) is 0. The van der Waals surface area contributed by atoms with E-state index in [0.29, 0.717) is 5.56 Å². The Balaban J connectivity index is 2.77. The first-order chi connectivity index (χ1) is 8.66. The standard InChI is InChI=1S/C13H18F3NO2/c1-9(2)12(18,8-17)7-10-3-5-11(6-4-10)19-13(14,15)16/h3-6,9,18H,7-8,17H2,1-2H3. The van der Waals surface area contributed by atoms with Crippen LogP contribution in [-0.4, -0.2) is 23.6 Å². The molecule has 1 aromatic rings. The van der Waals surface area contributed by atoms with Gasteiger partial charge in [0.1, 0.15) is 5.75 Å². The first-order valence-electron chi connectivity index (χ1n) is 5.93. The summed E-state index contributed by atoms with van der Waals surface area (Å²) in [5, 5.41) is 10.3.